The summed E-state index contributed by atoms with van der Waals surface area (Å²) in [4.78, 5) is 23.8. The highest BCUT2D eigenvalue weighted by Gasteiger charge is 2.34. The zero-order valence-electron chi connectivity index (χ0n) is 16.9. The lowest BCUT2D eigenvalue weighted by Gasteiger charge is -2.18. The highest BCUT2D eigenvalue weighted by Crippen LogP contribution is 2.35. The molecule has 0 fully saturated rings. The molecule has 2 rings (SSSR count). The van der Waals surface area contributed by atoms with E-state index in [1.54, 1.807) is 19.1 Å². The highest BCUT2D eigenvalue weighted by molar-refractivity contribution is 5.84. The fourth-order valence-corrected chi connectivity index (χ4v) is 2.96. The number of rotatable bonds is 8. The van der Waals surface area contributed by atoms with Gasteiger partial charge in [0.25, 0.3) is 0 Å². The first-order valence-corrected chi connectivity index (χ1v) is 9.66. The monoisotopic (exact) mass is 422 g/mol. The van der Waals surface area contributed by atoms with Crippen molar-refractivity contribution in [1.82, 2.24) is 5.32 Å². The van der Waals surface area contributed by atoms with Crippen molar-refractivity contribution in [3.8, 4) is 0 Å². The molecule has 0 radical (unpaired) electrons. The second-order valence-electron chi connectivity index (χ2n) is 6.85. The summed E-state index contributed by atoms with van der Waals surface area (Å²) in [7, 11) is 0. The van der Waals surface area contributed by atoms with Crippen molar-refractivity contribution in [3.63, 3.8) is 0 Å². The van der Waals surface area contributed by atoms with Crippen LogP contribution in [0.5, 0.6) is 0 Å². The van der Waals surface area contributed by atoms with E-state index >= 15 is 0 Å². The number of hydrogen-bond acceptors (Lipinski definition) is 3. The van der Waals surface area contributed by atoms with Crippen LogP contribution in [0.25, 0.3) is 0 Å². The van der Waals surface area contributed by atoms with Gasteiger partial charge in [-0.2, -0.15) is 13.2 Å². The largest absolute Gasteiger partial charge is 0.447 e. The van der Waals surface area contributed by atoms with E-state index in [1.807, 2.05) is 19.1 Å². The quantitative estimate of drug-likeness (QED) is 0.580. The zero-order chi connectivity index (χ0) is 22.1. The van der Waals surface area contributed by atoms with Gasteiger partial charge in [-0.05, 0) is 41.7 Å². The number of aryl methyl sites for hydroxylation is 1. The standard InChI is InChI=1S/C22H25F3N2O3/c1-3-16-8-10-17(11-9-16)27-21(29)30-13-12-26-20(28)14-15(2)18-6-4-5-7-19(18)22(23,24)25/h4-11,15H,3,12-14H2,1-2H3,(H,26,28)(H,27,29). The summed E-state index contributed by atoms with van der Waals surface area (Å²) >= 11 is 0. The Labute approximate surface area is 173 Å². The number of amides is 2. The Morgan fingerprint density at radius 1 is 1.07 bits per heavy atom. The molecule has 162 valence electrons. The fraction of sp³-hybridized carbons (Fsp3) is 0.364. The summed E-state index contributed by atoms with van der Waals surface area (Å²) in [6, 6.07) is 12.5. The van der Waals surface area contributed by atoms with Gasteiger partial charge in [0.05, 0.1) is 12.1 Å². The lowest BCUT2D eigenvalue weighted by molar-refractivity contribution is -0.138. The van der Waals surface area contributed by atoms with Crippen LogP contribution >= 0.6 is 0 Å². The predicted molar refractivity (Wildman–Crippen MR) is 108 cm³/mol. The van der Waals surface area contributed by atoms with Gasteiger partial charge < -0.3 is 10.1 Å². The molecule has 2 aromatic carbocycles. The molecule has 8 heteroatoms. The van der Waals surface area contributed by atoms with Crippen molar-refractivity contribution >= 4 is 17.7 Å². The van der Waals surface area contributed by atoms with E-state index < -0.39 is 29.7 Å². The van der Waals surface area contributed by atoms with Crippen molar-refractivity contribution in [1.29, 1.82) is 0 Å². The molecular weight excluding hydrogens is 397 g/mol. The summed E-state index contributed by atoms with van der Waals surface area (Å²) in [6.07, 6.45) is -4.34. The number of hydrogen-bond donors (Lipinski definition) is 2. The Kier molecular flexibility index (Phi) is 8.26. The van der Waals surface area contributed by atoms with Crippen LogP contribution in [0.4, 0.5) is 23.7 Å². The number of ether oxygens (including phenoxy) is 1. The maximum absolute atomic E-state index is 13.1. The van der Waals surface area contributed by atoms with Crippen LogP contribution in [0.15, 0.2) is 48.5 Å². The Morgan fingerprint density at radius 2 is 1.73 bits per heavy atom. The molecule has 1 unspecified atom stereocenters. The molecule has 1 atom stereocenters. The lowest BCUT2D eigenvalue weighted by atomic mass is 9.92. The van der Waals surface area contributed by atoms with Crippen LogP contribution in [0.2, 0.25) is 0 Å². The minimum atomic E-state index is -4.47. The number of benzene rings is 2. The summed E-state index contributed by atoms with van der Waals surface area (Å²) in [5.74, 6) is -1.03. The molecule has 0 aliphatic rings. The van der Waals surface area contributed by atoms with Crippen molar-refractivity contribution in [2.24, 2.45) is 0 Å². The van der Waals surface area contributed by atoms with Gasteiger partial charge >= 0.3 is 12.3 Å². The summed E-state index contributed by atoms with van der Waals surface area (Å²) in [5.41, 5.74) is 1.07. The maximum Gasteiger partial charge on any atom is 0.416 e. The molecule has 5 nitrogen and oxygen atoms in total. The van der Waals surface area contributed by atoms with Crippen LogP contribution < -0.4 is 10.6 Å². The Balaban J connectivity index is 1.74. The Morgan fingerprint density at radius 3 is 2.37 bits per heavy atom. The first kappa shape index (κ1) is 23.3. The molecule has 30 heavy (non-hydrogen) atoms. The van der Waals surface area contributed by atoms with Gasteiger partial charge in [-0.1, -0.05) is 44.2 Å². The Hall–Kier alpha value is -3.03. The number of nitrogens with one attached hydrogen (secondary N) is 2. The minimum Gasteiger partial charge on any atom is -0.447 e. The van der Waals surface area contributed by atoms with Crippen molar-refractivity contribution in [2.45, 2.75) is 38.8 Å². The molecule has 0 aliphatic carbocycles. The molecule has 2 amide bonds. The van der Waals surface area contributed by atoms with Gasteiger partial charge in [0, 0.05) is 12.1 Å². The van der Waals surface area contributed by atoms with E-state index in [0.717, 1.165) is 18.1 Å². The third kappa shape index (κ3) is 7.09. The average Bonchev–Trinajstić information content (AvgIpc) is 2.71. The second kappa shape index (κ2) is 10.7. The van der Waals surface area contributed by atoms with Crippen LogP contribution in [0.1, 0.15) is 42.9 Å². The van der Waals surface area contributed by atoms with E-state index in [-0.39, 0.29) is 25.1 Å². The summed E-state index contributed by atoms with van der Waals surface area (Å²) in [5, 5.41) is 5.13. The molecule has 2 aromatic rings. The molecule has 0 aromatic heterocycles. The first-order valence-electron chi connectivity index (χ1n) is 9.66. The van der Waals surface area contributed by atoms with Crippen LogP contribution in [0, 0.1) is 0 Å². The molecular formula is C22H25F3N2O3. The molecule has 0 saturated heterocycles. The number of anilines is 1. The fourth-order valence-electron chi connectivity index (χ4n) is 2.96. The topological polar surface area (TPSA) is 67.4 Å². The molecule has 0 heterocycles. The summed E-state index contributed by atoms with van der Waals surface area (Å²) in [6.45, 7) is 3.60. The van der Waals surface area contributed by atoms with Crippen LogP contribution in [-0.4, -0.2) is 25.2 Å². The van der Waals surface area contributed by atoms with Gasteiger partial charge in [0.15, 0.2) is 0 Å². The van der Waals surface area contributed by atoms with Gasteiger partial charge in [-0.3, -0.25) is 10.1 Å². The minimum absolute atomic E-state index is 0.0574. The molecule has 0 aliphatic heterocycles. The normalized spacial score (nSPS) is 12.2. The number of alkyl halides is 3. The van der Waals surface area contributed by atoms with Crippen LogP contribution in [0.3, 0.4) is 0 Å². The van der Waals surface area contributed by atoms with Crippen molar-refractivity contribution in [2.75, 3.05) is 18.5 Å². The first-order chi connectivity index (χ1) is 14.2. The molecule has 2 N–H and O–H groups in total. The van der Waals surface area contributed by atoms with Gasteiger partial charge in [0.2, 0.25) is 5.91 Å². The highest BCUT2D eigenvalue weighted by atomic mass is 19.4. The van der Waals surface area contributed by atoms with E-state index in [1.165, 1.54) is 18.2 Å². The second-order valence-corrected chi connectivity index (χ2v) is 6.85. The van der Waals surface area contributed by atoms with E-state index in [0.29, 0.717) is 5.69 Å². The maximum atomic E-state index is 13.1. The van der Waals surface area contributed by atoms with Gasteiger partial charge in [-0.15, -0.1) is 0 Å². The SMILES string of the molecule is CCc1ccc(NC(=O)OCCNC(=O)CC(C)c2ccccc2C(F)(F)F)cc1. The number of carbonyl (C=O) groups excluding carboxylic acids is 2. The van der Waals surface area contributed by atoms with E-state index in [9.17, 15) is 22.8 Å². The third-order valence-corrected chi connectivity index (χ3v) is 4.55. The van der Waals surface area contributed by atoms with E-state index in [2.05, 4.69) is 10.6 Å². The van der Waals surface area contributed by atoms with Crippen molar-refractivity contribution in [3.05, 3.63) is 65.2 Å². The molecule has 0 spiro atoms. The van der Waals surface area contributed by atoms with Gasteiger partial charge in [0.1, 0.15) is 6.61 Å². The van der Waals surface area contributed by atoms with Crippen LogP contribution in [-0.2, 0) is 22.1 Å². The number of carbonyl (C=O) groups is 2. The van der Waals surface area contributed by atoms with Gasteiger partial charge in [-0.25, -0.2) is 4.79 Å². The smallest absolute Gasteiger partial charge is 0.416 e. The molecule has 0 bridgehead atoms. The number of halogens is 3. The third-order valence-electron chi connectivity index (χ3n) is 4.55. The molecule has 0 saturated carbocycles. The van der Waals surface area contributed by atoms with Crippen molar-refractivity contribution < 1.29 is 27.5 Å². The zero-order valence-corrected chi connectivity index (χ0v) is 16.9. The van der Waals surface area contributed by atoms with E-state index in [4.69, 9.17) is 4.74 Å². The Bertz CT molecular complexity index is 851. The average molecular weight is 422 g/mol. The predicted octanol–water partition coefficient (Wildman–Crippen LogP) is 5.13. The lowest BCUT2D eigenvalue weighted by Crippen LogP contribution is -2.29. The summed E-state index contributed by atoms with van der Waals surface area (Å²) < 4.78 is 44.3.